The summed E-state index contributed by atoms with van der Waals surface area (Å²) in [6.45, 7) is 2.04. The number of hydrogen-bond donors (Lipinski definition) is 2. The van der Waals surface area contributed by atoms with Gasteiger partial charge < -0.3 is 9.84 Å². The molecule has 0 radical (unpaired) electrons. The van der Waals surface area contributed by atoms with Crippen LogP contribution in [0.1, 0.15) is 42.1 Å². The molecule has 0 bridgehead atoms. The zero-order valence-corrected chi connectivity index (χ0v) is 12.2. The van der Waals surface area contributed by atoms with Gasteiger partial charge in [0, 0.05) is 18.2 Å². The van der Waals surface area contributed by atoms with Crippen LogP contribution < -0.4 is 5.73 Å². The van der Waals surface area contributed by atoms with Crippen molar-refractivity contribution in [1.29, 1.82) is 0 Å². The van der Waals surface area contributed by atoms with Gasteiger partial charge in [0.25, 0.3) is 0 Å². The van der Waals surface area contributed by atoms with Gasteiger partial charge >= 0.3 is 0 Å². The molecule has 5 heteroatoms. The number of rotatable bonds is 7. The summed E-state index contributed by atoms with van der Waals surface area (Å²) in [5.74, 6) is 0. The highest BCUT2D eigenvalue weighted by atomic mass is 35.5. The van der Waals surface area contributed by atoms with Crippen LogP contribution in [-0.4, -0.2) is 24.6 Å². The minimum Gasteiger partial charge on any atom is -0.388 e. The predicted molar refractivity (Wildman–Crippen MR) is 77.5 cm³/mol. The first kappa shape index (κ1) is 18.1. The summed E-state index contributed by atoms with van der Waals surface area (Å²) in [5, 5.41) is 10.2. The monoisotopic (exact) mass is 287 g/mol. The molecule has 0 unspecified atom stereocenters. The molecule has 0 aromatic heterocycles. The summed E-state index contributed by atoms with van der Waals surface area (Å²) in [6.07, 6.45) is 2.23. The fourth-order valence-corrected chi connectivity index (χ4v) is 1.99. The quantitative estimate of drug-likeness (QED) is 0.596. The van der Waals surface area contributed by atoms with E-state index in [0.29, 0.717) is 17.5 Å². The smallest absolute Gasteiger partial charge is 0.169 e. The third-order valence-corrected chi connectivity index (χ3v) is 3.17. The van der Waals surface area contributed by atoms with E-state index in [9.17, 15) is 9.90 Å². The molecule has 0 saturated heterocycles. The van der Waals surface area contributed by atoms with E-state index in [2.05, 4.69) is 0 Å². The second-order valence-electron chi connectivity index (χ2n) is 4.36. The van der Waals surface area contributed by atoms with Crippen molar-refractivity contribution in [1.82, 2.24) is 0 Å². The highest BCUT2D eigenvalue weighted by Crippen LogP contribution is 2.28. The Bertz CT molecular complexity index is 400. The maximum absolute atomic E-state index is 11.0. The van der Waals surface area contributed by atoms with Crippen molar-refractivity contribution < 1.29 is 14.6 Å². The molecule has 1 rings (SSSR count). The van der Waals surface area contributed by atoms with Gasteiger partial charge in [0.1, 0.15) is 12.4 Å². The van der Waals surface area contributed by atoms with Crippen molar-refractivity contribution in [3.63, 3.8) is 0 Å². The van der Waals surface area contributed by atoms with Gasteiger partial charge in [0.05, 0.1) is 0 Å². The van der Waals surface area contributed by atoms with Crippen LogP contribution >= 0.6 is 12.4 Å². The molecule has 0 amide bonds. The van der Waals surface area contributed by atoms with Gasteiger partial charge in [-0.25, -0.2) is 0 Å². The summed E-state index contributed by atoms with van der Waals surface area (Å²) < 4.78 is 5.29. The number of hydrogen-bond acceptors (Lipinski definition) is 4. The molecule has 108 valence electrons. The van der Waals surface area contributed by atoms with E-state index in [1.165, 1.54) is 7.11 Å². The largest absolute Gasteiger partial charge is 0.388 e. The lowest BCUT2D eigenvalue weighted by Crippen LogP contribution is -2.50. The summed E-state index contributed by atoms with van der Waals surface area (Å²) in [7, 11) is 1.44. The second kappa shape index (κ2) is 8.27. The van der Waals surface area contributed by atoms with Gasteiger partial charge in [0.15, 0.2) is 5.72 Å². The molecule has 0 fully saturated rings. The van der Waals surface area contributed by atoms with E-state index >= 15 is 0 Å². The van der Waals surface area contributed by atoms with Gasteiger partial charge in [-0.15, -0.1) is 12.4 Å². The van der Waals surface area contributed by atoms with Crippen molar-refractivity contribution in [3.8, 4) is 0 Å². The van der Waals surface area contributed by atoms with Crippen molar-refractivity contribution in [2.45, 2.75) is 38.0 Å². The van der Waals surface area contributed by atoms with Crippen LogP contribution in [0.5, 0.6) is 0 Å². The van der Waals surface area contributed by atoms with Gasteiger partial charge in [-0.1, -0.05) is 44.0 Å². The molecule has 0 aliphatic rings. The molecular weight excluding hydrogens is 266 g/mol. The molecule has 0 aliphatic heterocycles. The molecule has 3 N–H and O–H groups in total. The Balaban J connectivity index is 0.00000324. The molecule has 19 heavy (non-hydrogen) atoms. The number of methoxy groups -OCH3 is 1. The second-order valence-corrected chi connectivity index (χ2v) is 4.36. The molecule has 4 nitrogen and oxygen atoms in total. The normalized spacial score (nSPS) is 15.2. The van der Waals surface area contributed by atoms with Crippen molar-refractivity contribution in [3.05, 3.63) is 35.4 Å². The Morgan fingerprint density at radius 1 is 1.47 bits per heavy atom. The van der Waals surface area contributed by atoms with E-state index in [1.54, 1.807) is 24.3 Å². The number of ether oxygens (including phenoxy) is 1. The van der Waals surface area contributed by atoms with Crippen LogP contribution in [0.3, 0.4) is 0 Å². The summed E-state index contributed by atoms with van der Waals surface area (Å²) in [4.78, 5) is 11.0. The molecule has 0 saturated carbocycles. The first-order valence-electron chi connectivity index (χ1n) is 6.17. The summed E-state index contributed by atoms with van der Waals surface area (Å²) in [6, 6.07) is 6.90. The number of aldehydes is 1. The van der Waals surface area contributed by atoms with Crippen LogP contribution in [-0.2, 0) is 10.5 Å². The predicted octanol–water partition coefficient (Wildman–Crippen LogP) is 2.23. The van der Waals surface area contributed by atoms with Crippen LogP contribution in [0.4, 0.5) is 0 Å². The number of unbranched alkanes of at least 4 members (excludes halogenated alkanes) is 1. The van der Waals surface area contributed by atoms with Gasteiger partial charge in [-0.05, 0) is 6.42 Å². The van der Waals surface area contributed by atoms with Gasteiger partial charge in [-0.2, -0.15) is 0 Å². The Labute approximate surface area is 120 Å². The average Bonchev–Trinajstić information content (AvgIpc) is 2.43. The first-order valence-corrected chi connectivity index (χ1v) is 6.17. The first-order chi connectivity index (χ1) is 8.60. The molecule has 0 spiro atoms. The number of benzene rings is 1. The van der Waals surface area contributed by atoms with E-state index in [0.717, 1.165) is 19.1 Å². The Hall–Kier alpha value is -0.940. The van der Waals surface area contributed by atoms with E-state index < -0.39 is 11.8 Å². The minimum absolute atomic E-state index is 0. The van der Waals surface area contributed by atoms with Crippen molar-refractivity contribution in [2.75, 3.05) is 7.11 Å². The number of nitrogens with two attached hydrogens (primary N) is 1. The molecular formula is C14H22ClNO3. The third-order valence-electron chi connectivity index (χ3n) is 3.17. The summed E-state index contributed by atoms with van der Waals surface area (Å²) >= 11 is 0. The van der Waals surface area contributed by atoms with E-state index in [1.807, 2.05) is 6.92 Å². The molecule has 1 aromatic rings. The van der Waals surface area contributed by atoms with Crippen LogP contribution in [0.25, 0.3) is 0 Å². The number of carbonyl (C=O) groups is 1. The van der Waals surface area contributed by atoms with Gasteiger partial charge in [0.2, 0.25) is 0 Å². The SMILES string of the molecule is CCCC[C@H](O)[C@@](N)(OC)c1ccccc1C=O.Cl. The maximum atomic E-state index is 11.0. The van der Waals surface area contributed by atoms with Crippen LogP contribution in [0.15, 0.2) is 24.3 Å². The zero-order valence-electron chi connectivity index (χ0n) is 11.3. The third kappa shape index (κ3) is 4.01. The van der Waals surface area contributed by atoms with E-state index in [4.69, 9.17) is 10.5 Å². The minimum atomic E-state index is -1.34. The van der Waals surface area contributed by atoms with Crippen LogP contribution in [0, 0.1) is 0 Å². The number of halogens is 1. The molecule has 0 aliphatic carbocycles. The molecule has 2 atom stereocenters. The molecule has 0 heterocycles. The van der Waals surface area contributed by atoms with Gasteiger partial charge in [-0.3, -0.25) is 10.5 Å². The Kier molecular flexibility index (Phi) is 7.87. The Morgan fingerprint density at radius 2 is 2.11 bits per heavy atom. The summed E-state index contributed by atoms with van der Waals surface area (Å²) in [5.41, 5.74) is 5.77. The number of aliphatic hydroxyl groups is 1. The number of carbonyl (C=O) groups excluding carboxylic acids is 1. The number of aliphatic hydroxyl groups excluding tert-OH is 1. The van der Waals surface area contributed by atoms with E-state index in [-0.39, 0.29) is 12.4 Å². The Morgan fingerprint density at radius 3 is 2.63 bits per heavy atom. The standard InChI is InChI=1S/C14H21NO3.ClH/c1-3-4-9-13(17)14(15,18-2)12-8-6-5-7-11(12)10-16;/h5-8,10,13,17H,3-4,9,15H2,1-2H3;1H/t13-,14-;/m0./s1. The maximum Gasteiger partial charge on any atom is 0.169 e. The fraction of sp³-hybridized carbons (Fsp3) is 0.500. The lowest BCUT2D eigenvalue weighted by atomic mass is 9.91. The fourth-order valence-electron chi connectivity index (χ4n) is 1.99. The lowest BCUT2D eigenvalue weighted by Gasteiger charge is -2.34. The zero-order chi connectivity index (χ0) is 13.6. The van der Waals surface area contributed by atoms with Crippen molar-refractivity contribution in [2.24, 2.45) is 5.73 Å². The van der Waals surface area contributed by atoms with Crippen LogP contribution in [0.2, 0.25) is 0 Å². The molecule has 1 aromatic carbocycles. The van der Waals surface area contributed by atoms with Crippen molar-refractivity contribution >= 4 is 18.7 Å². The lowest BCUT2D eigenvalue weighted by molar-refractivity contribution is -0.108. The highest BCUT2D eigenvalue weighted by molar-refractivity contribution is 5.85. The highest BCUT2D eigenvalue weighted by Gasteiger charge is 2.37. The topological polar surface area (TPSA) is 72.6 Å². The average molecular weight is 288 g/mol.